The van der Waals surface area contributed by atoms with E-state index in [1.165, 1.54) is 0 Å². The Morgan fingerprint density at radius 1 is 1.38 bits per heavy atom. The third-order valence-electron chi connectivity index (χ3n) is 1.47. The molecule has 0 spiro atoms. The van der Waals surface area contributed by atoms with Gasteiger partial charge in [0.15, 0.2) is 11.5 Å². The van der Waals surface area contributed by atoms with Crippen molar-refractivity contribution in [3.05, 3.63) is 22.7 Å². The van der Waals surface area contributed by atoms with Crippen molar-refractivity contribution in [1.29, 1.82) is 0 Å². The summed E-state index contributed by atoms with van der Waals surface area (Å²) in [7, 11) is 1.56. The number of rotatable bonds is 4. The molecule has 1 radical (unpaired) electrons. The molecule has 0 N–H and O–H groups in total. The van der Waals surface area contributed by atoms with Crippen LogP contribution in [0.3, 0.4) is 0 Å². The number of methoxy groups -OCH3 is 1. The SMILES string of the molecule is COc1ccc(Br)cc1OCC[O]. The van der Waals surface area contributed by atoms with Crippen LogP contribution in [-0.4, -0.2) is 20.3 Å². The van der Waals surface area contributed by atoms with Crippen LogP contribution in [0.4, 0.5) is 0 Å². The molecule has 4 heteroatoms. The van der Waals surface area contributed by atoms with Gasteiger partial charge in [0, 0.05) is 4.47 Å². The Labute approximate surface area is 85.4 Å². The zero-order valence-corrected chi connectivity index (χ0v) is 8.83. The first-order valence-corrected chi connectivity index (χ1v) is 4.61. The van der Waals surface area contributed by atoms with Crippen molar-refractivity contribution in [2.45, 2.75) is 0 Å². The summed E-state index contributed by atoms with van der Waals surface area (Å²) >= 11 is 3.30. The summed E-state index contributed by atoms with van der Waals surface area (Å²) in [6.07, 6.45) is 0. The maximum Gasteiger partial charge on any atom is 0.162 e. The van der Waals surface area contributed by atoms with Crippen molar-refractivity contribution < 1.29 is 14.6 Å². The maximum absolute atomic E-state index is 10.2. The fraction of sp³-hybridized carbons (Fsp3) is 0.333. The summed E-state index contributed by atoms with van der Waals surface area (Å²) in [6.45, 7) is -0.0948. The summed E-state index contributed by atoms with van der Waals surface area (Å²) in [5.74, 6) is 1.23. The molecular formula is C9H10BrO3. The molecule has 1 aromatic rings. The van der Waals surface area contributed by atoms with Crippen LogP contribution < -0.4 is 9.47 Å². The van der Waals surface area contributed by atoms with Crippen LogP contribution in [0.5, 0.6) is 11.5 Å². The van der Waals surface area contributed by atoms with Crippen molar-refractivity contribution in [3.8, 4) is 11.5 Å². The first-order chi connectivity index (χ1) is 6.27. The topological polar surface area (TPSA) is 38.4 Å². The lowest BCUT2D eigenvalue weighted by atomic mass is 10.3. The quantitative estimate of drug-likeness (QED) is 0.817. The fourth-order valence-electron chi connectivity index (χ4n) is 0.915. The summed E-state index contributed by atoms with van der Waals surface area (Å²) in [4.78, 5) is 0. The van der Waals surface area contributed by atoms with Gasteiger partial charge in [-0.3, -0.25) is 0 Å². The van der Waals surface area contributed by atoms with Gasteiger partial charge in [-0.15, -0.1) is 0 Å². The number of halogens is 1. The van der Waals surface area contributed by atoms with Crippen LogP contribution in [0.15, 0.2) is 22.7 Å². The minimum Gasteiger partial charge on any atom is -0.493 e. The molecule has 0 saturated carbocycles. The van der Waals surface area contributed by atoms with E-state index < -0.39 is 0 Å². The standard InChI is InChI=1S/C9H10BrO3/c1-12-8-3-2-7(10)6-9(8)13-5-4-11/h2-3,6H,4-5H2,1H3. The van der Waals surface area contributed by atoms with Gasteiger partial charge in [0.25, 0.3) is 0 Å². The molecule has 1 rings (SSSR count). The van der Waals surface area contributed by atoms with E-state index in [1.54, 1.807) is 19.2 Å². The summed E-state index contributed by atoms with van der Waals surface area (Å²) in [6, 6.07) is 5.40. The zero-order valence-electron chi connectivity index (χ0n) is 7.25. The Morgan fingerprint density at radius 3 is 2.77 bits per heavy atom. The number of hydrogen-bond donors (Lipinski definition) is 0. The Bertz CT molecular complexity index is 276. The molecule has 0 saturated heterocycles. The summed E-state index contributed by atoms with van der Waals surface area (Å²) in [5.41, 5.74) is 0. The number of benzene rings is 1. The third-order valence-corrected chi connectivity index (χ3v) is 1.96. The second-order valence-electron chi connectivity index (χ2n) is 2.35. The van der Waals surface area contributed by atoms with Crippen LogP contribution in [0.25, 0.3) is 0 Å². The van der Waals surface area contributed by atoms with Crippen molar-refractivity contribution in [2.75, 3.05) is 20.3 Å². The van der Waals surface area contributed by atoms with Crippen molar-refractivity contribution in [2.24, 2.45) is 0 Å². The van der Waals surface area contributed by atoms with Gasteiger partial charge in [0.05, 0.1) is 7.11 Å². The van der Waals surface area contributed by atoms with Gasteiger partial charge in [0.1, 0.15) is 13.2 Å². The average molecular weight is 246 g/mol. The highest BCUT2D eigenvalue weighted by atomic mass is 79.9. The molecule has 1 aromatic carbocycles. The molecular weight excluding hydrogens is 236 g/mol. The van der Waals surface area contributed by atoms with Gasteiger partial charge in [0.2, 0.25) is 0 Å². The normalized spacial score (nSPS) is 9.77. The van der Waals surface area contributed by atoms with Gasteiger partial charge in [-0.1, -0.05) is 15.9 Å². The molecule has 0 aliphatic rings. The zero-order chi connectivity index (χ0) is 9.68. The highest BCUT2D eigenvalue weighted by molar-refractivity contribution is 9.10. The lowest BCUT2D eigenvalue weighted by Crippen LogP contribution is -2.02. The number of hydrogen-bond acceptors (Lipinski definition) is 2. The van der Waals surface area contributed by atoms with E-state index in [9.17, 15) is 5.11 Å². The monoisotopic (exact) mass is 245 g/mol. The minimum absolute atomic E-state index is 0.160. The molecule has 13 heavy (non-hydrogen) atoms. The van der Waals surface area contributed by atoms with Crippen molar-refractivity contribution >= 4 is 15.9 Å². The summed E-state index contributed by atoms with van der Waals surface area (Å²) in [5, 5.41) is 10.2. The van der Waals surface area contributed by atoms with E-state index in [0.29, 0.717) is 11.5 Å². The van der Waals surface area contributed by atoms with E-state index >= 15 is 0 Å². The maximum atomic E-state index is 10.2. The predicted octanol–water partition coefficient (Wildman–Crippen LogP) is 2.27. The molecule has 71 valence electrons. The molecule has 0 aliphatic carbocycles. The largest absolute Gasteiger partial charge is 0.493 e. The van der Waals surface area contributed by atoms with E-state index in [-0.39, 0.29) is 13.2 Å². The smallest absolute Gasteiger partial charge is 0.162 e. The Balaban J connectivity index is 2.81. The number of ether oxygens (including phenoxy) is 2. The Morgan fingerprint density at radius 2 is 2.15 bits per heavy atom. The Hall–Kier alpha value is -0.740. The highest BCUT2D eigenvalue weighted by Gasteiger charge is 2.03. The molecule has 0 heterocycles. The van der Waals surface area contributed by atoms with Crippen LogP contribution >= 0.6 is 15.9 Å². The van der Waals surface area contributed by atoms with E-state index in [0.717, 1.165) is 4.47 Å². The lowest BCUT2D eigenvalue weighted by molar-refractivity contribution is 0.136. The molecule has 3 nitrogen and oxygen atoms in total. The van der Waals surface area contributed by atoms with Gasteiger partial charge in [-0.25, -0.2) is 5.11 Å². The molecule has 0 fully saturated rings. The first-order valence-electron chi connectivity index (χ1n) is 3.82. The first kappa shape index (κ1) is 10.3. The van der Waals surface area contributed by atoms with E-state index in [2.05, 4.69) is 15.9 Å². The molecule has 0 atom stereocenters. The third kappa shape index (κ3) is 2.90. The van der Waals surface area contributed by atoms with E-state index in [1.807, 2.05) is 6.07 Å². The van der Waals surface area contributed by atoms with Gasteiger partial charge in [-0.2, -0.15) is 0 Å². The van der Waals surface area contributed by atoms with Gasteiger partial charge in [-0.05, 0) is 18.2 Å². The van der Waals surface area contributed by atoms with Crippen LogP contribution in [0.2, 0.25) is 0 Å². The van der Waals surface area contributed by atoms with Crippen molar-refractivity contribution in [1.82, 2.24) is 0 Å². The highest BCUT2D eigenvalue weighted by Crippen LogP contribution is 2.29. The molecule has 0 amide bonds. The second-order valence-corrected chi connectivity index (χ2v) is 3.26. The molecule has 0 aliphatic heterocycles. The van der Waals surface area contributed by atoms with Gasteiger partial charge >= 0.3 is 0 Å². The molecule has 0 bridgehead atoms. The minimum atomic E-state index is -0.254. The molecule has 0 aromatic heterocycles. The second kappa shape index (κ2) is 5.09. The summed E-state index contributed by atoms with van der Waals surface area (Å²) < 4.78 is 11.1. The van der Waals surface area contributed by atoms with Crippen LogP contribution in [0.1, 0.15) is 0 Å². The fourth-order valence-corrected chi connectivity index (χ4v) is 1.26. The molecule has 0 unspecified atom stereocenters. The van der Waals surface area contributed by atoms with Crippen LogP contribution in [0, 0.1) is 0 Å². The lowest BCUT2D eigenvalue weighted by Gasteiger charge is -2.09. The predicted molar refractivity (Wildman–Crippen MR) is 51.7 cm³/mol. The van der Waals surface area contributed by atoms with E-state index in [4.69, 9.17) is 9.47 Å². The van der Waals surface area contributed by atoms with Crippen molar-refractivity contribution in [3.63, 3.8) is 0 Å². The average Bonchev–Trinajstić information content (AvgIpc) is 2.15. The van der Waals surface area contributed by atoms with Crippen LogP contribution in [-0.2, 0) is 5.11 Å². The Kier molecular flexibility index (Phi) is 4.05. The van der Waals surface area contributed by atoms with Gasteiger partial charge < -0.3 is 9.47 Å².